The van der Waals surface area contributed by atoms with Crippen molar-refractivity contribution in [2.45, 2.75) is 18.8 Å². The molecule has 13 heavy (non-hydrogen) atoms. The summed E-state index contributed by atoms with van der Waals surface area (Å²) in [5.74, 6) is 0.687. The minimum absolute atomic E-state index is 0.140. The van der Waals surface area contributed by atoms with E-state index in [0.717, 1.165) is 6.42 Å². The number of halogens is 3. The summed E-state index contributed by atoms with van der Waals surface area (Å²) in [4.78, 5) is 0. The van der Waals surface area contributed by atoms with Gasteiger partial charge in [-0.25, -0.2) is 0 Å². The van der Waals surface area contributed by atoms with Crippen LogP contribution in [0, 0.1) is 17.8 Å². The van der Waals surface area contributed by atoms with Crippen LogP contribution in [0.1, 0.15) is 6.42 Å². The zero-order valence-electron chi connectivity index (χ0n) is 6.83. The first kappa shape index (κ1) is 7.59. The number of hydrogen-bond donors (Lipinski definition) is 0. The van der Waals surface area contributed by atoms with Gasteiger partial charge in [0.05, 0.1) is 0 Å². The van der Waals surface area contributed by atoms with Crippen LogP contribution >= 0.6 is 0 Å². The third-order valence-electron chi connectivity index (χ3n) is 3.42. The predicted molar refractivity (Wildman–Crippen MR) is 40.4 cm³/mol. The van der Waals surface area contributed by atoms with E-state index in [9.17, 15) is 13.2 Å². The fourth-order valence-electron chi connectivity index (χ4n) is 2.86. The largest absolute Gasteiger partial charge is 0.632 e. The molecule has 70 valence electrons. The highest BCUT2D eigenvalue weighted by atomic mass is 19.4. The lowest BCUT2D eigenvalue weighted by atomic mass is 9.84. The van der Waals surface area contributed by atoms with Crippen LogP contribution in [0.5, 0.6) is 0 Å². The van der Waals surface area contributed by atoms with E-state index < -0.39 is 6.30 Å². The van der Waals surface area contributed by atoms with Gasteiger partial charge in [0.25, 0.3) is 0 Å². The van der Waals surface area contributed by atoms with Crippen LogP contribution in [-0.4, -0.2) is 23.1 Å². The van der Waals surface area contributed by atoms with Crippen LogP contribution in [0.4, 0.5) is 13.2 Å². The molecule has 0 N–H and O–H groups in total. The van der Waals surface area contributed by atoms with E-state index in [2.05, 4.69) is 6.08 Å². The summed E-state index contributed by atoms with van der Waals surface area (Å²) >= 11 is 0. The Kier molecular flexibility index (Phi) is 1.16. The lowest BCUT2D eigenvalue weighted by Gasteiger charge is -2.30. The maximum atomic E-state index is 12.3. The number of hydrogen-bond acceptors (Lipinski definition) is 0. The van der Waals surface area contributed by atoms with Crippen LogP contribution in [0.3, 0.4) is 0 Å². The molecule has 0 amide bonds. The zero-order chi connectivity index (χ0) is 9.22. The summed E-state index contributed by atoms with van der Waals surface area (Å²) in [5, 5.41) is 0. The second-order valence-electron chi connectivity index (χ2n) is 4.04. The highest BCUT2D eigenvalue weighted by Crippen LogP contribution is 2.50. The Morgan fingerprint density at radius 2 is 1.85 bits per heavy atom. The smallest absolute Gasteiger partial charge is 0.139 e. The summed E-state index contributed by atoms with van der Waals surface area (Å²) in [6.07, 6.45) is 2.10. The summed E-state index contributed by atoms with van der Waals surface area (Å²) in [6, 6.07) is -0.282. The summed E-state index contributed by atoms with van der Waals surface area (Å²) in [6.45, 7) is 0. The molecule has 4 heteroatoms. The average Bonchev–Trinajstić information content (AvgIpc) is 2.37. The first-order valence-electron chi connectivity index (χ1n) is 4.46. The van der Waals surface area contributed by atoms with Crippen molar-refractivity contribution in [3.8, 4) is 0 Å². The van der Waals surface area contributed by atoms with E-state index in [1.807, 2.05) is 6.08 Å². The maximum absolute atomic E-state index is 12.3. The number of nitrogens with zero attached hydrogens (tertiary/aromatic N) is 1. The summed E-state index contributed by atoms with van der Waals surface area (Å²) in [7, 11) is 0. The standard InChI is InChI=1S/C9H9F3N/c10-9(11,12)13-4-7-5-1-2-6(3-5)8(7)13/h1-2,4-8H,3H2/q+1. The highest BCUT2D eigenvalue weighted by molar-refractivity contribution is 5.64. The zero-order valence-corrected chi connectivity index (χ0v) is 6.83. The molecule has 0 aromatic heterocycles. The van der Waals surface area contributed by atoms with Gasteiger partial charge in [0.1, 0.15) is 5.92 Å². The van der Waals surface area contributed by atoms with Crippen molar-refractivity contribution in [2.24, 2.45) is 17.8 Å². The van der Waals surface area contributed by atoms with Crippen LogP contribution in [0.15, 0.2) is 12.2 Å². The molecular weight excluding hydrogens is 179 g/mol. The van der Waals surface area contributed by atoms with Gasteiger partial charge >= 0.3 is 6.30 Å². The third-order valence-corrected chi connectivity index (χ3v) is 3.42. The Bertz CT molecular complexity index is 315. The minimum atomic E-state index is -4.17. The van der Waals surface area contributed by atoms with Gasteiger partial charge in [-0.2, -0.15) is 0 Å². The van der Waals surface area contributed by atoms with Crippen molar-refractivity contribution in [3.05, 3.63) is 12.2 Å². The van der Waals surface area contributed by atoms with Gasteiger partial charge in [0, 0.05) is 5.92 Å². The maximum Gasteiger partial charge on any atom is 0.632 e. The van der Waals surface area contributed by atoms with Crippen molar-refractivity contribution in [1.82, 2.24) is 0 Å². The molecule has 1 aliphatic heterocycles. The molecule has 1 nitrogen and oxygen atoms in total. The molecule has 1 heterocycles. The van der Waals surface area contributed by atoms with Crippen molar-refractivity contribution in [1.29, 1.82) is 0 Å². The normalized spacial score (nSPS) is 45.9. The lowest BCUT2D eigenvalue weighted by molar-refractivity contribution is -0.757. The van der Waals surface area contributed by atoms with Gasteiger partial charge < -0.3 is 0 Å². The first-order chi connectivity index (χ1) is 6.07. The molecule has 2 aliphatic carbocycles. The van der Waals surface area contributed by atoms with Crippen molar-refractivity contribution in [2.75, 3.05) is 0 Å². The fraction of sp³-hybridized carbons (Fsp3) is 0.667. The second kappa shape index (κ2) is 1.99. The summed E-state index contributed by atoms with van der Waals surface area (Å²) < 4.78 is 37.6. The number of alkyl halides is 3. The van der Waals surface area contributed by atoms with Gasteiger partial charge in [-0.3, -0.25) is 0 Å². The molecule has 1 fully saturated rings. The predicted octanol–water partition coefficient (Wildman–Crippen LogP) is 1.79. The fourth-order valence-corrected chi connectivity index (χ4v) is 2.86. The van der Waals surface area contributed by atoms with Gasteiger partial charge in [0.2, 0.25) is 0 Å². The van der Waals surface area contributed by atoms with E-state index in [1.165, 1.54) is 6.21 Å². The topological polar surface area (TPSA) is 3.01 Å². The SMILES string of the molecule is FC(F)(F)[N+]1=CC2C3C=CC(C3)C21. The Hall–Kier alpha value is -0.800. The van der Waals surface area contributed by atoms with Crippen molar-refractivity contribution in [3.63, 3.8) is 0 Å². The van der Waals surface area contributed by atoms with E-state index in [-0.39, 0.29) is 17.9 Å². The molecule has 0 saturated heterocycles. The average molecular weight is 188 g/mol. The van der Waals surface area contributed by atoms with Gasteiger partial charge in [-0.15, -0.1) is 17.7 Å². The molecule has 3 aliphatic rings. The van der Waals surface area contributed by atoms with E-state index in [0.29, 0.717) is 10.5 Å². The van der Waals surface area contributed by atoms with Gasteiger partial charge in [-0.05, 0) is 12.3 Å². The highest BCUT2D eigenvalue weighted by Gasteiger charge is 2.65. The Morgan fingerprint density at radius 3 is 2.46 bits per heavy atom. The minimum Gasteiger partial charge on any atom is -0.139 e. The third kappa shape index (κ3) is 0.810. The van der Waals surface area contributed by atoms with Gasteiger partial charge in [-0.1, -0.05) is 12.2 Å². The molecule has 1 saturated carbocycles. The molecular formula is C9H9F3N+. The molecule has 4 atom stereocenters. The molecule has 0 radical (unpaired) electrons. The Morgan fingerprint density at radius 1 is 1.15 bits per heavy atom. The van der Waals surface area contributed by atoms with Crippen LogP contribution < -0.4 is 0 Å². The number of allylic oxidation sites excluding steroid dienone is 1. The van der Waals surface area contributed by atoms with Crippen LogP contribution in [0.2, 0.25) is 0 Å². The molecule has 2 bridgehead atoms. The Labute approximate surface area is 73.6 Å². The number of fused-ring (bicyclic) bond motifs is 5. The number of rotatable bonds is 0. The lowest BCUT2D eigenvalue weighted by Crippen LogP contribution is -2.54. The molecule has 3 rings (SSSR count). The van der Waals surface area contributed by atoms with Crippen LogP contribution in [0.25, 0.3) is 0 Å². The van der Waals surface area contributed by atoms with Crippen molar-refractivity contribution >= 4 is 6.21 Å². The molecule has 4 unspecified atom stereocenters. The monoisotopic (exact) mass is 188 g/mol. The van der Waals surface area contributed by atoms with E-state index in [1.54, 1.807) is 0 Å². The molecule has 0 aromatic rings. The van der Waals surface area contributed by atoms with Crippen LogP contribution in [-0.2, 0) is 0 Å². The van der Waals surface area contributed by atoms with Gasteiger partial charge in [0.15, 0.2) is 12.3 Å². The molecule has 0 spiro atoms. The second-order valence-corrected chi connectivity index (χ2v) is 4.04. The summed E-state index contributed by atoms with van der Waals surface area (Å²) in [5.41, 5.74) is 0. The van der Waals surface area contributed by atoms with Crippen molar-refractivity contribution < 1.29 is 17.7 Å². The van der Waals surface area contributed by atoms with E-state index >= 15 is 0 Å². The Balaban J connectivity index is 1.92. The molecule has 0 aromatic carbocycles. The first-order valence-corrected chi connectivity index (χ1v) is 4.46. The van der Waals surface area contributed by atoms with E-state index in [4.69, 9.17) is 0 Å². The quantitative estimate of drug-likeness (QED) is 0.310.